The van der Waals surface area contributed by atoms with E-state index in [0.29, 0.717) is 6.54 Å². The molecule has 0 aliphatic carbocycles. The average Bonchev–Trinajstić information content (AvgIpc) is 2.33. The molecule has 0 spiro atoms. The van der Waals surface area contributed by atoms with Gasteiger partial charge in [-0.25, -0.2) is 0 Å². The second-order valence-corrected chi connectivity index (χ2v) is 5.30. The van der Waals surface area contributed by atoms with Gasteiger partial charge in [0.1, 0.15) is 0 Å². The van der Waals surface area contributed by atoms with Crippen LogP contribution in [0.25, 0.3) is 0 Å². The molecule has 19 heavy (non-hydrogen) atoms. The van der Waals surface area contributed by atoms with Crippen molar-refractivity contribution in [2.75, 3.05) is 6.54 Å². The van der Waals surface area contributed by atoms with E-state index in [9.17, 15) is 14.9 Å². The minimum absolute atomic E-state index is 0.0458. The molecule has 1 rings (SSSR count). The van der Waals surface area contributed by atoms with Crippen molar-refractivity contribution < 1.29 is 9.72 Å². The third kappa shape index (κ3) is 5.96. The molecule has 0 aromatic heterocycles. The summed E-state index contributed by atoms with van der Waals surface area (Å²) < 4.78 is 0. The van der Waals surface area contributed by atoms with Gasteiger partial charge in [0.05, 0.1) is 11.5 Å². The summed E-state index contributed by atoms with van der Waals surface area (Å²) in [4.78, 5) is 21.6. The van der Waals surface area contributed by atoms with Gasteiger partial charge >= 0.3 is 0 Å². The van der Waals surface area contributed by atoms with Gasteiger partial charge in [-0.05, 0) is 26.3 Å². The second kappa shape index (κ2) is 6.29. The Morgan fingerprint density at radius 3 is 2.32 bits per heavy atom. The molecule has 0 saturated heterocycles. The van der Waals surface area contributed by atoms with E-state index in [1.165, 1.54) is 12.1 Å². The smallest absolute Gasteiger partial charge is 0.269 e. The zero-order valence-electron chi connectivity index (χ0n) is 11.4. The van der Waals surface area contributed by atoms with Gasteiger partial charge in [0, 0.05) is 24.2 Å². The van der Waals surface area contributed by atoms with Crippen molar-refractivity contribution in [3.8, 4) is 0 Å². The fraction of sp³-hybridized carbons (Fsp3) is 0.462. The van der Waals surface area contributed by atoms with Gasteiger partial charge in [-0.1, -0.05) is 12.1 Å². The Hall–Kier alpha value is -1.95. The lowest BCUT2D eigenvalue weighted by Gasteiger charge is -2.20. The molecule has 0 radical (unpaired) electrons. The molecule has 0 unspecified atom stereocenters. The van der Waals surface area contributed by atoms with E-state index in [1.54, 1.807) is 12.1 Å². The molecule has 0 heterocycles. The van der Waals surface area contributed by atoms with Crippen molar-refractivity contribution in [2.24, 2.45) is 0 Å². The van der Waals surface area contributed by atoms with Crippen molar-refractivity contribution >= 4 is 11.6 Å². The van der Waals surface area contributed by atoms with E-state index < -0.39 is 4.92 Å². The molecule has 0 saturated carbocycles. The highest BCUT2D eigenvalue weighted by Crippen LogP contribution is 2.11. The van der Waals surface area contributed by atoms with Crippen LogP contribution in [0, 0.1) is 10.1 Å². The fourth-order valence-electron chi connectivity index (χ4n) is 1.34. The molecule has 2 N–H and O–H groups in total. The van der Waals surface area contributed by atoms with Crippen LogP contribution in [-0.2, 0) is 11.3 Å². The minimum atomic E-state index is -0.449. The maximum Gasteiger partial charge on any atom is 0.269 e. The molecule has 1 aromatic carbocycles. The van der Waals surface area contributed by atoms with Crippen LogP contribution in [0.3, 0.4) is 0 Å². The molecule has 0 fully saturated rings. The predicted molar refractivity (Wildman–Crippen MR) is 72.7 cm³/mol. The summed E-state index contributed by atoms with van der Waals surface area (Å²) in [6.07, 6.45) is 0. The quantitative estimate of drug-likeness (QED) is 0.625. The Morgan fingerprint density at radius 1 is 1.26 bits per heavy atom. The molecule has 104 valence electrons. The number of carbonyl (C=O) groups is 1. The lowest BCUT2D eigenvalue weighted by atomic mass is 10.1. The highest BCUT2D eigenvalue weighted by molar-refractivity contribution is 5.78. The number of nitro groups is 1. The number of non-ortho nitro benzene ring substituents is 1. The highest BCUT2D eigenvalue weighted by atomic mass is 16.6. The van der Waals surface area contributed by atoms with Crippen LogP contribution < -0.4 is 10.6 Å². The predicted octanol–water partition coefficient (Wildman–Crippen LogP) is 1.60. The van der Waals surface area contributed by atoms with E-state index in [0.717, 1.165) is 5.56 Å². The molecule has 6 heteroatoms. The largest absolute Gasteiger partial charge is 0.351 e. The Labute approximate surface area is 112 Å². The Kier molecular flexibility index (Phi) is 5.00. The van der Waals surface area contributed by atoms with Crippen LogP contribution in [-0.4, -0.2) is 22.9 Å². The zero-order chi connectivity index (χ0) is 14.5. The number of carbonyl (C=O) groups excluding carboxylic acids is 1. The molecule has 0 atom stereocenters. The first kappa shape index (κ1) is 15.1. The van der Waals surface area contributed by atoms with Gasteiger partial charge in [-0.2, -0.15) is 0 Å². The van der Waals surface area contributed by atoms with Gasteiger partial charge in [0.15, 0.2) is 0 Å². The second-order valence-electron chi connectivity index (χ2n) is 5.30. The summed E-state index contributed by atoms with van der Waals surface area (Å²) in [5.41, 5.74) is 0.768. The number of hydrogen-bond acceptors (Lipinski definition) is 4. The van der Waals surface area contributed by atoms with Gasteiger partial charge in [0.2, 0.25) is 5.91 Å². The third-order valence-electron chi connectivity index (χ3n) is 2.42. The number of nitrogens with one attached hydrogen (secondary N) is 2. The first-order valence-electron chi connectivity index (χ1n) is 6.03. The normalized spacial score (nSPS) is 11.1. The summed E-state index contributed by atoms with van der Waals surface area (Å²) in [6.45, 7) is 6.56. The molecule has 0 bridgehead atoms. The zero-order valence-corrected chi connectivity index (χ0v) is 11.4. The summed E-state index contributed by atoms with van der Waals surface area (Å²) in [5.74, 6) is -0.103. The molecule has 0 aliphatic rings. The van der Waals surface area contributed by atoms with Crippen molar-refractivity contribution in [2.45, 2.75) is 32.9 Å². The van der Waals surface area contributed by atoms with Crippen molar-refractivity contribution in [3.63, 3.8) is 0 Å². The Morgan fingerprint density at radius 2 is 1.84 bits per heavy atom. The number of amides is 1. The SMILES string of the molecule is CC(C)(C)NCC(=O)NCc1ccc([N+](=O)[O-])cc1. The summed E-state index contributed by atoms with van der Waals surface area (Å²) in [6, 6.07) is 6.12. The van der Waals surface area contributed by atoms with E-state index in [1.807, 2.05) is 20.8 Å². The standard InChI is InChI=1S/C13H19N3O3/c1-13(2,3)15-9-12(17)14-8-10-4-6-11(7-5-10)16(18)19/h4-7,15H,8-9H2,1-3H3,(H,14,17). The number of hydrogen-bond donors (Lipinski definition) is 2. The van der Waals surface area contributed by atoms with Crippen LogP contribution in [0.5, 0.6) is 0 Å². The number of nitro benzene ring substituents is 1. The van der Waals surface area contributed by atoms with Crippen LogP contribution in [0.4, 0.5) is 5.69 Å². The lowest BCUT2D eigenvalue weighted by molar-refractivity contribution is -0.384. The van der Waals surface area contributed by atoms with Crippen LogP contribution >= 0.6 is 0 Å². The monoisotopic (exact) mass is 265 g/mol. The van der Waals surface area contributed by atoms with E-state index >= 15 is 0 Å². The van der Waals surface area contributed by atoms with E-state index in [2.05, 4.69) is 10.6 Å². The molecule has 1 aromatic rings. The van der Waals surface area contributed by atoms with Crippen molar-refractivity contribution in [1.82, 2.24) is 10.6 Å². The maximum atomic E-state index is 11.6. The minimum Gasteiger partial charge on any atom is -0.351 e. The summed E-state index contributed by atoms with van der Waals surface area (Å²) in [5, 5.41) is 16.3. The van der Waals surface area contributed by atoms with Crippen molar-refractivity contribution in [1.29, 1.82) is 0 Å². The number of rotatable bonds is 5. The van der Waals surface area contributed by atoms with Crippen LogP contribution in [0.1, 0.15) is 26.3 Å². The summed E-state index contributed by atoms with van der Waals surface area (Å²) >= 11 is 0. The van der Waals surface area contributed by atoms with Crippen LogP contribution in [0.15, 0.2) is 24.3 Å². The third-order valence-corrected chi connectivity index (χ3v) is 2.42. The molecule has 0 aliphatic heterocycles. The highest BCUT2D eigenvalue weighted by Gasteiger charge is 2.11. The van der Waals surface area contributed by atoms with Gasteiger partial charge in [-0.3, -0.25) is 14.9 Å². The average molecular weight is 265 g/mol. The molecular weight excluding hydrogens is 246 g/mol. The maximum absolute atomic E-state index is 11.6. The topological polar surface area (TPSA) is 84.3 Å². The van der Waals surface area contributed by atoms with Gasteiger partial charge in [-0.15, -0.1) is 0 Å². The molecular formula is C13H19N3O3. The van der Waals surface area contributed by atoms with Crippen LogP contribution in [0.2, 0.25) is 0 Å². The van der Waals surface area contributed by atoms with Gasteiger partial charge < -0.3 is 10.6 Å². The van der Waals surface area contributed by atoms with Gasteiger partial charge in [0.25, 0.3) is 5.69 Å². The van der Waals surface area contributed by atoms with Crippen molar-refractivity contribution in [3.05, 3.63) is 39.9 Å². The summed E-state index contributed by atoms with van der Waals surface area (Å²) in [7, 11) is 0. The molecule has 6 nitrogen and oxygen atoms in total. The Bertz CT molecular complexity index is 449. The molecule has 1 amide bonds. The Balaban J connectivity index is 2.40. The lowest BCUT2D eigenvalue weighted by Crippen LogP contribution is -2.43. The fourth-order valence-corrected chi connectivity index (χ4v) is 1.34. The number of benzene rings is 1. The first-order valence-corrected chi connectivity index (χ1v) is 6.03. The van der Waals surface area contributed by atoms with E-state index in [4.69, 9.17) is 0 Å². The number of nitrogens with zero attached hydrogens (tertiary/aromatic N) is 1. The van der Waals surface area contributed by atoms with E-state index in [-0.39, 0.29) is 23.7 Å². The first-order chi connectivity index (χ1) is 8.78.